The Balaban J connectivity index is 2.53. The van der Waals surface area contributed by atoms with E-state index >= 15 is 0 Å². The number of alkyl halides is 3. The molecule has 0 atom stereocenters. The molecule has 0 spiro atoms. The zero-order valence-corrected chi connectivity index (χ0v) is 11.4. The van der Waals surface area contributed by atoms with Crippen LogP contribution in [0.3, 0.4) is 0 Å². The molecule has 0 amide bonds. The number of halogens is 4. The van der Waals surface area contributed by atoms with Crippen molar-refractivity contribution < 1.29 is 13.2 Å². The maximum Gasteiger partial charge on any atom is 0.417 e. The highest BCUT2D eigenvalue weighted by Gasteiger charge is 2.31. The third-order valence-electron chi connectivity index (χ3n) is 2.08. The van der Waals surface area contributed by atoms with Crippen LogP contribution < -0.4 is 5.32 Å². The van der Waals surface area contributed by atoms with Gasteiger partial charge in [-0.05, 0) is 19.0 Å². The second kappa shape index (κ2) is 7.21. The number of nitrogens with zero attached hydrogens (tertiary/aromatic N) is 1. The maximum atomic E-state index is 12.4. The van der Waals surface area contributed by atoms with Gasteiger partial charge in [-0.2, -0.15) is 13.2 Å². The lowest BCUT2D eigenvalue weighted by Gasteiger charge is -2.09. The lowest BCUT2D eigenvalue weighted by Crippen LogP contribution is -2.17. The van der Waals surface area contributed by atoms with Crippen molar-refractivity contribution in [2.75, 3.05) is 18.8 Å². The second-order valence-corrected chi connectivity index (χ2v) is 5.10. The molecule has 1 aromatic heterocycles. The molecule has 2 nitrogen and oxygen atoms in total. The first-order chi connectivity index (χ1) is 8.45. The first-order valence-corrected chi connectivity index (χ1v) is 6.87. The number of aromatic nitrogens is 1. The van der Waals surface area contributed by atoms with E-state index in [1.165, 1.54) is 11.8 Å². The third-order valence-corrected chi connectivity index (χ3v) is 3.49. The van der Waals surface area contributed by atoms with Crippen molar-refractivity contribution in [3.8, 4) is 0 Å². The number of rotatable bonds is 6. The summed E-state index contributed by atoms with van der Waals surface area (Å²) < 4.78 is 37.1. The molecular weight excluding hydrogens is 285 g/mol. The van der Waals surface area contributed by atoms with Crippen molar-refractivity contribution in [1.29, 1.82) is 0 Å². The van der Waals surface area contributed by atoms with E-state index in [2.05, 4.69) is 17.2 Å². The highest BCUT2D eigenvalue weighted by molar-refractivity contribution is 7.99. The molecule has 0 aromatic carbocycles. The molecule has 7 heteroatoms. The molecule has 1 rings (SSSR count). The Kier molecular flexibility index (Phi) is 6.25. The molecule has 1 N–H and O–H groups in total. The highest BCUT2D eigenvalue weighted by atomic mass is 35.5. The maximum absolute atomic E-state index is 12.4. The minimum atomic E-state index is -4.40. The average molecular weight is 299 g/mol. The predicted molar refractivity (Wildman–Crippen MR) is 68.1 cm³/mol. The van der Waals surface area contributed by atoms with Crippen LogP contribution in [-0.2, 0) is 6.18 Å². The van der Waals surface area contributed by atoms with Crippen molar-refractivity contribution in [1.82, 2.24) is 10.3 Å². The predicted octanol–water partition coefficient (Wildman–Crippen LogP) is 3.85. The van der Waals surface area contributed by atoms with Crippen molar-refractivity contribution in [2.24, 2.45) is 0 Å². The summed E-state index contributed by atoms with van der Waals surface area (Å²) in [6.07, 6.45) is -2.54. The second-order valence-electron chi connectivity index (χ2n) is 3.61. The molecule has 0 fully saturated rings. The summed E-state index contributed by atoms with van der Waals surface area (Å²) in [6, 6.07) is 0.913. The topological polar surface area (TPSA) is 24.9 Å². The molecule has 1 heterocycles. The fourth-order valence-electron chi connectivity index (χ4n) is 1.21. The molecule has 0 aliphatic rings. The molecule has 0 saturated heterocycles. The van der Waals surface area contributed by atoms with Gasteiger partial charge >= 0.3 is 6.18 Å². The van der Waals surface area contributed by atoms with E-state index in [0.717, 1.165) is 37.5 Å². The van der Waals surface area contributed by atoms with Gasteiger partial charge in [0.05, 0.1) is 10.6 Å². The summed E-state index contributed by atoms with van der Waals surface area (Å²) in [7, 11) is 0. The number of hydrogen-bond acceptors (Lipinski definition) is 3. The van der Waals surface area contributed by atoms with Gasteiger partial charge in [0, 0.05) is 18.5 Å². The molecule has 102 valence electrons. The lowest BCUT2D eigenvalue weighted by molar-refractivity contribution is -0.137. The highest BCUT2D eigenvalue weighted by Crippen LogP contribution is 2.33. The third kappa shape index (κ3) is 5.04. The summed E-state index contributed by atoms with van der Waals surface area (Å²) in [6.45, 7) is 3.76. The van der Waals surface area contributed by atoms with Gasteiger partial charge in [-0.3, -0.25) is 0 Å². The van der Waals surface area contributed by atoms with Gasteiger partial charge in [0.2, 0.25) is 0 Å². The Bertz CT molecular complexity index is 385. The van der Waals surface area contributed by atoms with Crippen LogP contribution >= 0.6 is 23.4 Å². The van der Waals surface area contributed by atoms with Crippen molar-refractivity contribution in [3.05, 3.63) is 22.8 Å². The van der Waals surface area contributed by atoms with Gasteiger partial charge in [0.25, 0.3) is 0 Å². The van der Waals surface area contributed by atoms with Crippen LogP contribution in [0.2, 0.25) is 5.02 Å². The van der Waals surface area contributed by atoms with Gasteiger partial charge in [-0.25, -0.2) is 4.98 Å². The number of thioether (sulfide) groups is 1. The van der Waals surface area contributed by atoms with Crippen LogP contribution in [0, 0.1) is 0 Å². The Hall–Kier alpha value is -0.460. The first kappa shape index (κ1) is 15.6. The van der Waals surface area contributed by atoms with E-state index in [1.807, 2.05) is 0 Å². The van der Waals surface area contributed by atoms with E-state index in [1.54, 1.807) is 0 Å². The largest absolute Gasteiger partial charge is 0.417 e. The number of hydrogen-bond donors (Lipinski definition) is 1. The van der Waals surface area contributed by atoms with Crippen LogP contribution in [0.1, 0.15) is 18.9 Å². The standard InChI is InChI=1S/C11H14ClF3N2S/c1-2-3-16-4-5-18-10-9(12)6-8(7-17-10)11(13,14)15/h6-7,16H,2-5H2,1H3. The summed E-state index contributed by atoms with van der Waals surface area (Å²) in [5.74, 6) is 0.720. The number of pyridine rings is 1. The lowest BCUT2D eigenvalue weighted by atomic mass is 10.3. The molecular formula is C11H14ClF3N2S. The van der Waals surface area contributed by atoms with Crippen molar-refractivity contribution in [3.63, 3.8) is 0 Å². The molecule has 0 radical (unpaired) electrons. The SMILES string of the molecule is CCCNCCSc1ncc(C(F)(F)F)cc1Cl. The monoisotopic (exact) mass is 298 g/mol. The van der Waals surface area contributed by atoms with Crippen LogP contribution in [0.5, 0.6) is 0 Å². The normalized spacial score (nSPS) is 11.8. The van der Waals surface area contributed by atoms with Crippen LogP contribution in [0.25, 0.3) is 0 Å². The minimum absolute atomic E-state index is 0.0466. The Morgan fingerprint density at radius 3 is 2.67 bits per heavy atom. The Morgan fingerprint density at radius 1 is 1.39 bits per heavy atom. The summed E-state index contributed by atoms with van der Waals surface area (Å²) >= 11 is 7.12. The summed E-state index contributed by atoms with van der Waals surface area (Å²) in [4.78, 5) is 3.75. The van der Waals surface area contributed by atoms with Crippen molar-refractivity contribution >= 4 is 23.4 Å². The first-order valence-electron chi connectivity index (χ1n) is 5.51. The molecule has 0 unspecified atom stereocenters. The van der Waals surface area contributed by atoms with Crippen LogP contribution in [0.15, 0.2) is 17.3 Å². The molecule has 0 saturated carbocycles. The summed E-state index contributed by atoms with van der Waals surface area (Å²) in [5, 5.41) is 3.67. The van der Waals surface area contributed by atoms with E-state index < -0.39 is 11.7 Å². The molecule has 18 heavy (non-hydrogen) atoms. The van der Waals surface area contributed by atoms with Gasteiger partial charge < -0.3 is 5.32 Å². The molecule has 1 aromatic rings. The van der Waals surface area contributed by atoms with Crippen LogP contribution in [0.4, 0.5) is 13.2 Å². The molecule has 0 aliphatic heterocycles. The smallest absolute Gasteiger partial charge is 0.316 e. The minimum Gasteiger partial charge on any atom is -0.316 e. The fourth-order valence-corrected chi connectivity index (χ4v) is 2.30. The van der Waals surface area contributed by atoms with Crippen LogP contribution in [-0.4, -0.2) is 23.8 Å². The Morgan fingerprint density at radius 2 is 2.11 bits per heavy atom. The quantitative estimate of drug-likeness (QED) is 0.638. The van der Waals surface area contributed by atoms with Gasteiger partial charge in [0.15, 0.2) is 0 Å². The molecule has 0 bridgehead atoms. The fraction of sp³-hybridized carbons (Fsp3) is 0.545. The number of nitrogens with one attached hydrogen (secondary N) is 1. The van der Waals surface area contributed by atoms with Gasteiger partial charge in [-0.15, -0.1) is 11.8 Å². The van der Waals surface area contributed by atoms with E-state index in [4.69, 9.17) is 11.6 Å². The molecule has 0 aliphatic carbocycles. The van der Waals surface area contributed by atoms with Gasteiger partial charge in [-0.1, -0.05) is 18.5 Å². The summed E-state index contributed by atoms with van der Waals surface area (Å²) in [5.41, 5.74) is -0.819. The van der Waals surface area contributed by atoms with E-state index in [9.17, 15) is 13.2 Å². The van der Waals surface area contributed by atoms with E-state index in [-0.39, 0.29) is 5.02 Å². The Labute approximate surface area is 113 Å². The average Bonchev–Trinajstić information content (AvgIpc) is 2.29. The zero-order chi connectivity index (χ0) is 13.6. The van der Waals surface area contributed by atoms with Gasteiger partial charge in [0.1, 0.15) is 5.03 Å². The zero-order valence-electron chi connectivity index (χ0n) is 9.85. The van der Waals surface area contributed by atoms with Crippen molar-refractivity contribution in [2.45, 2.75) is 24.5 Å². The van der Waals surface area contributed by atoms with E-state index in [0.29, 0.717) is 5.03 Å².